The van der Waals surface area contributed by atoms with E-state index in [0.717, 1.165) is 19.1 Å². The van der Waals surface area contributed by atoms with Gasteiger partial charge >= 0.3 is 5.97 Å². The standard InChI is InChI=1S/C14H20O3/c1-8-13-11(7-15)10-5-3-2-4-9(10)6-12(13)17-14(8)16/h7-13H,2-6H2,1H3/t8-,9-,10+,11-,12-,13+/m0/s1. The molecule has 0 spiro atoms. The van der Waals surface area contributed by atoms with Gasteiger partial charge in [-0.15, -0.1) is 0 Å². The molecule has 17 heavy (non-hydrogen) atoms. The molecule has 2 aliphatic carbocycles. The van der Waals surface area contributed by atoms with Crippen LogP contribution in [0.2, 0.25) is 0 Å². The second-order valence-electron chi connectivity index (χ2n) is 6.00. The Labute approximate surface area is 102 Å². The van der Waals surface area contributed by atoms with Gasteiger partial charge in [0.15, 0.2) is 0 Å². The summed E-state index contributed by atoms with van der Waals surface area (Å²) in [6.07, 6.45) is 7.02. The number of hydrogen-bond donors (Lipinski definition) is 0. The molecule has 1 heterocycles. The number of esters is 1. The van der Waals surface area contributed by atoms with Crippen LogP contribution in [0.1, 0.15) is 39.0 Å². The molecule has 0 bridgehead atoms. The summed E-state index contributed by atoms with van der Waals surface area (Å²) in [5.41, 5.74) is 0. The molecule has 3 nitrogen and oxygen atoms in total. The molecule has 6 atom stereocenters. The van der Waals surface area contributed by atoms with E-state index in [1.54, 1.807) is 0 Å². The molecule has 3 fully saturated rings. The Bertz CT molecular complexity index is 338. The first kappa shape index (κ1) is 11.2. The SMILES string of the molecule is C[C@@H]1C(=O)O[C@H]2C[C@@H]3CCCC[C@H]3[C@H](C=O)[C@H]21. The largest absolute Gasteiger partial charge is 0.462 e. The summed E-state index contributed by atoms with van der Waals surface area (Å²) >= 11 is 0. The Kier molecular flexibility index (Phi) is 2.72. The van der Waals surface area contributed by atoms with Gasteiger partial charge in [-0.25, -0.2) is 0 Å². The average molecular weight is 236 g/mol. The van der Waals surface area contributed by atoms with Crippen molar-refractivity contribution in [3.8, 4) is 0 Å². The van der Waals surface area contributed by atoms with Gasteiger partial charge in [-0.2, -0.15) is 0 Å². The third-order valence-electron chi connectivity index (χ3n) is 5.24. The van der Waals surface area contributed by atoms with Gasteiger partial charge < -0.3 is 9.53 Å². The van der Waals surface area contributed by atoms with Crippen LogP contribution < -0.4 is 0 Å². The second kappa shape index (κ2) is 4.11. The highest BCUT2D eigenvalue weighted by Crippen LogP contribution is 2.51. The zero-order chi connectivity index (χ0) is 12.0. The van der Waals surface area contributed by atoms with Crippen LogP contribution in [0.5, 0.6) is 0 Å². The molecule has 0 radical (unpaired) electrons. The molecular formula is C14H20O3. The molecule has 0 amide bonds. The van der Waals surface area contributed by atoms with Gasteiger partial charge in [-0.05, 0) is 24.7 Å². The van der Waals surface area contributed by atoms with Crippen LogP contribution in [-0.4, -0.2) is 18.4 Å². The highest BCUT2D eigenvalue weighted by molar-refractivity contribution is 5.76. The lowest BCUT2D eigenvalue weighted by atomic mass is 9.59. The van der Waals surface area contributed by atoms with Gasteiger partial charge in [0.2, 0.25) is 0 Å². The lowest BCUT2D eigenvalue weighted by molar-refractivity contribution is -0.145. The highest BCUT2D eigenvalue weighted by atomic mass is 16.6. The minimum absolute atomic E-state index is 0.0204. The number of carbonyl (C=O) groups excluding carboxylic acids is 2. The monoisotopic (exact) mass is 236 g/mol. The van der Waals surface area contributed by atoms with Gasteiger partial charge in [-0.3, -0.25) is 4.79 Å². The molecule has 0 N–H and O–H groups in total. The lowest BCUT2D eigenvalue weighted by Crippen LogP contribution is -2.44. The zero-order valence-corrected chi connectivity index (χ0v) is 10.3. The van der Waals surface area contributed by atoms with Crippen LogP contribution in [0, 0.1) is 29.6 Å². The smallest absolute Gasteiger partial charge is 0.309 e. The number of carbonyl (C=O) groups is 2. The van der Waals surface area contributed by atoms with E-state index < -0.39 is 0 Å². The summed E-state index contributed by atoms with van der Waals surface area (Å²) < 4.78 is 5.46. The van der Waals surface area contributed by atoms with Crippen molar-refractivity contribution in [1.29, 1.82) is 0 Å². The molecule has 3 aliphatic rings. The third-order valence-corrected chi connectivity index (χ3v) is 5.24. The van der Waals surface area contributed by atoms with Crippen molar-refractivity contribution >= 4 is 12.3 Å². The van der Waals surface area contributed by atoms with Crippen LogP contribution in [-0.2, 0) is 14.3 Å². The molecule has 3 heteroatoms. The Balaban J connectivity index is 1.89. The van der Waals surface area contributed by atoms with Crippen molar-refractivity contribution in [2.45, 2.75) is 45.1 Å². The molecule has 0 aromatic rings. The van der Waals surface area contributed by atoms with Crippen molar-refractivity contribution in [2.24, 2.45) is 29.6 Å². The van der Waals surface area contributed by atoms with Crippen molar-refractivity contribution in [3.05, 3.63) is 0 Å². The average Bonchev–Trinajstić information content (AvgIpc) is 2.62. The Morgan fingerprint density at radius 2 is 2.06 bits per heavy atom. The number of fused-ring (bicyclic) bond motifs is 2. The summed E-state index contributed by atoms with van der Waals surface area (Å²) in [4.78, 5) is 23.1. The van der Waals surface area contributed by atoms with Crippen molar-refractivity contribution in [3.63, 3.8) is 0 Å². The van der Waals surface area contributed by atoms with Crippen LogP contribution in [0.3, 0.4) is 0 Å². The summed E-state index contributed by atoms with van der Waals surface area (Å²) in [6, 6.07) is 0. The van der Waals surface area contributed by atoms with Crippen LogP contribution in [0.15, 0.2) is 0 Å². The molecule has 94 valence electrons. The maximum Gasteiger partial charge on any atom is 0.309 e. The Morgan fingerprint density at radius 1 is 1.29 bits per heavy atom. The summed E-state index contributed by atoms with van der Waals surface area (Å²) in [5.74, 6) is 1.15. The Morgan fingerprint density at radius 3 is 2.82 bits per heavy atom. The normalized spacial score (nSPS) is 49.1. The number of rotatable bonds is 1. The third kappa shape index (κ3) is 1.62. The van der Waals surface area contributed by atoms with Gasteiger partial charge in [0, 0.05) is 11.8 Å². The topological polar surface area (TPSA) is 43.4 Å². The number of ether oxygens (including phenoxy) is 1. The van der Waals surface area contributed by atoms with Crippen LogP contribution in [0.4, 0.5) is 0 Å². The first-order valence-electron chi connectivity index (χ1n) is 6.88. The van der Waals surface area contributed by atoms with Crippen molar-refractivity contribution in [2.75, 3.05) is 0 Å². The zero-order valence-electron chi connectivity index (χ0n) is 10.3. The molecular weight excluding hydrogens is 216 g/mol. The van der Waals surface area contributed by atoms with E-state index in [4.69, 9.17) is 4.74 Å². The number of hydrogen-bond acceptors (Lipinski definition) is 3. The summed E-state index contributed by atoms with van der Waals surface area (Å²) in [7, 11) is 0. The molecule has 0 aromatic heterocycles. The van der Waals surface area contributed by atoms with Crippen molar-refractivity contribution in [1.82, 2.24) is 0 Å². The Hall–Kier alpha value is -0.860. The van der Waals surface area contributed by atoms with Gasteiger partial charge in [0.25, 0.3) is 0 Å². The maximum absolute atomic E-state index is 11.7. The molecule has 2 saturated carbocycles. The van der Waals surface area contributed by atoms with Gasteiger partial charge in [-0.1, -0.05) is 26.2 Å². The maximum atomic E-state index is 11.7. The van der Waals surface area contributed by atoms with Crippen LogP contribution >= 0.6 is 0 Å². The summed E-state index contributed by atoms with van der Waals surface area (Å²) in [6.45, 7) is 1.92. The fourth-order valence-corrected chi connectivity index (χ4v) is 4.41. The van der Waals surface area contributed by atoms with E-state index >= 15 is 0 Å². The molecule has 0 aromatic carbocycles. The van der Waals surface area contributed by atoms with E-state index in [-0.39, 0.29) is 29.8 Å². The highest BCUT2D eigenvalue weighted by Gasteiger charge is 2.53. The second-order valence-corrected chi connectivity index (χ2v) is 6.00. The predicted molar refractivity (Wildman–Crippen MR) is 62.2 cm³/mol. The summed E-state index contributed by atoms with van der Waals surface area (Å²) in [5, 5.41) is 0. The fraction of sp³-hybridized carbons (Fsp3) is 0.857. The first-order chi connectivity index (χ1) is 8.22. The molecule has 3 rings (SSSR count). The van der Waals surface area contributed by atoms with E-state index in [0.29, 0.717) is 11.8 Å². The number of aldehydes is 1. The quantitative estimate of drug-likeness (QED) is 0.518. The van der Waals surface area contributed by atoms with E-state index in [2.05, 4.69) is 0 Å². The minimum atomic E-state index is -0.0921. The minimum Gasteiger partial charge on any atom is -0.462 e. The predicted octanol–water partition coefficient (Wildman–Crippen LogP) is 2.19. The van der Waals surface area contributed by atoms with E-state index in [1.807, 2.05) is 6.92 Å². The fourth-order valence-electron chi connectivity index (χ4n) is 4.41. The first-order valence-corrected chi connectivity index (χ1v) is 6.88. The molecule has 1 aliphatic heterocycles. The van der Waals surface area contributed by atoms with Crippen LogP contribution in [0.25, 0.3) is 0 Å². The van der Waals surface area contributed by atoms with Crippen molar-refractivity contribution < 1.29 is 14.3 Å². The molecule has 0 unspecified atom stereocenters. The van der Waals surface area contributed by atoms with Gasteiger partial charge in [0.1, 0.15) is 12.4 Å². The van der Waals surface area contributed by atoms with Gasteiger partial charge in [0.05, 0.1) is 5.92 Å². The molecule has 1 saturated heterocycles. The van der Waals surface area contributed by atoms with E-state index in [1.165, 1.54) is 19.3 Å². The lowest BCUT2D eigenvalue weighted by Gasteiger charge is -2.44. The van der Waals surface area contributed by atoms with E-state index in [9.17, 15) is 9.59 Å².